The first-order valence-corrected chi connectivity index (χ1v) is 5.43. The zero-order valence-corrected chi connectivity index (χ0v) is 9.95. The predicted octanol–water partition coefficient (Wildman–Crippen LogP) is 2.79. The topological polar surface area (TPSA) is 30.0 Å². The first-order valence-electron chi connectivity index (χ1n) is 5.43. The minimum Gasteiger partial charge on any atom is -0.300 e. The first kappa shape index (κ1) is 11.9. The molecule has 15 heavy (non-hydrogen) atoms. The van der Waals surface area contributed by atoms with Crippen LogP contribution < -0.4 is 0 Å². The molecule has 1 aromatic heterocycles. The number of carbonyl (C=O) groups is 1. The van der Waals surface area contributed by atoms with Crippen molar-refractivity contribution in [3.8, 4) is 0 Å². The van der Waals surface area contributed by atoms with Crippen LogP contribution in [0.2, 0.25) is 0 Å². The highest BCUT2D eigenvalue weighted by Crippen LogP contribution is 2.17. The number of aryl methyl sites for hydroxylation is 1. The van der Waals surface area contributed by atoms with E-state index in [1.54, 1.807) is 6.92 Å². The van der Waals surface area contributed by atoms with E-state index in [0.29, 0.717) is 5.92 Å². The van der Waals surface area contributed by atoms with E-state index in [9.17, 15) is 4.79 Å². The van der Waals surface area contributed by atoms with Gasteiger partial charge < -0.3 is 0 Å². The zero-order chi connectivity index (χ0) is 11.4. The molecule has 1 heterocycles. The predicted molar refractivity (Wildman–Crippen MR) is 61.7 cm³/mol. The number of carbonyl (C=O) groups excluding carboxylic acids is 1. The molecule has 0 aliphatic rings. The number of nitrogens with zero attached hydrogens (tertiary/aromatic N) is 1. The fourth-order valence-electron chi connectivity index (χ4n) is 1.79. The fourth-order valence-corrected chi connectivity index (χ4v) is 1.79. The third-order valence-corrected chi connectivity index (χ3v) is 2.70. The molecule has 0 aliphatic heterocycles. The third-order valence-electron chi connectivity index (χ3n) is 2.70. The molecular formula is C13H19NO. The van der Waals surface area contributed by atoms with Crippen LogP contribution in [0, 0.1) is 18.8 Å². The summed E-state index contributed by atoms with van der Waals surface area (Å²) >= 11 is 0. The highest BCUT2D eigenvalue weighted by Gasteiger charge is 2.19. The maximum absolute atomic E-state index is 11.4. The van der Waals surface area contributed by atoms with Gasteiger partial charge in [0.05, 0.1) is 0 Å². The summed E-state index contributed by atoms with van der Waals surface area (Å²) in [6.07, 6.45) is 0.759. The molecule has 0 amide bonds. The van der Waals surface area contributed by atoms with Gasteiger partial charge in [-0.25, -0.2) is 0 Å². The Hall–Kier alpha value is -1.18. The molecule has 1 aromatic rings. The van der Waals surface area contributed by atoms with Crippen molar-refractivity contribution in [3.63, 3.8) is 0 Å². The van der Waals surface area contributed by atoms with Crippen LogP contribution in [0.1, 0.15) is 32.2 Å². The minimum atomic E-state index is 0.0966. The lowest BCUT2D eigenvalue weighted by Gasteiger charge is -2.17. The maximum atomic E-state index is 11.4. The van der Waals surface area contributed by atoms with Gasteiger partial charge in [-0.1, -0.05) is 19.9 Å². The number of rotatable bonds is 4. The molecule has 1 rings (SSSR count). The summed E-state index contributed by atoms with van der Waals surface area (Å²) in [5.74, 6) is 0.734. The van der Waals surface area contributed by atoms with E-state index in [1.807, 2.05) is 25.1 Å². The normalized spacial score (nSPS) is 12.9. The summed E-state index contributed by atoms with van der Waals surface area (Å²) in [4.78, 5) is 15.9. The van der Waals surface area contributed by atoms with Gasteiger partial charge in [-0.05, 0) is 38.3 Å². The number of aromatic nitrogens is 1. The van der Waals surface area contributed by atoms with E-state index in [4.69, 9.17) is 0 Å². The van der Waals surface area contributed by atoms with Crippen LogP contribution in [0.25, 0.3) is 0 Å². The number of pyridine rings is 1. The molecule has 0 aliphatic carbocycles. The van der Waals surface area contributed by atoms with Gasteiger partial charge in [0.15, 0.2) is 0 Å². The van der Waals surface area contributed by atoms with Crippen LogP contribution in [0.5, 0.6) is 0 Å². The second-order valence-corrected chi connectivity index (χ2v) is 4.44. The van der Waals surface area contributed by atoms with E-state index < -0.39 is 0 Å². The highest BCUT2D eigenvalue weighted by molar-refractivity contribution is 5.78. The summed E-state index contributed by atoms with van der Waals surface area (Å²) in [7, 11) is 0. The molecule has 0 aromatic carbocycles. The Balaban J connectivity index is 2.79. The van der Waals surface area contributed by atoms with E-state index in [0.717, 1.165) is 17.8 Å². The van der Waals surface area contributed by atoms with E-state index >= 15 is 0 Å². The second kappa shape index (κ2) is 5.06. The zero-order valence-electron chi connectivity index (χ0n) is 9.95. The van der Waals surface area contributed by atoms with Gasteiger partial charge in [0.2, 0.25) is 0 Å². The smallest absolute Gasteiger partial charge is 0.133 e. The molecule has 0 spiro atoms. The molecule has 0 fully saturated rings. The third kappa shape index (κ3) is 3.46. The SMILES string of the molecule is CC(=O)C(Cc1cccc(C)n1)C(C)C. The summed E-state index contributed by atoms with van der Waals surface area (Å²) in [6.45, 7) is 7.81. The van der Waals surface area contributed by atoms with Gasteiger partial charge in [0, 0.05) is 17.3 Å². The molecule has 0 bridgehead atoms. The van der Waals surface area contributed by atoms with Crippen LogP contribution in [0.4, 0.5) is 0 Å². The molecule has 0 saturated carbocycles. The van der Waals surface area contributed by atoms with Crippen molar-refractivity contribution in [1.82, 2.24) is 4.98 Å². The number of ketones is 1. The van der Waals surface area contributed by atoms with Gasteiger partial charge in [-0.3, -0.25) is 9.78 Å². The fraction of sp³-hybridized carbons (Fsp3) is 0.538. The summed E-state index contributed by atoms with van der Waals surface area (Å²) in [5.41, 5.74) is 2.03. The van der Waals surface area contributed by atoms with Gasteiger partial charge >= 0.3 is 0 Å². The highest BCUT2D eigenvalue weighted by atomic mass is 16.1. The molecule has 82 valence electrons. The standard InChI is InChI=1S/C13H19NO/c1-9(2)13(11(4)15)8-12-7-5-6-10(3)14-12/h5-7,9,13H,8H2,1-4H3. The quantitative estimate of drug-likeness (QED) is 0.756. The maximum Gasteiger partial charge on any atom is 0.133 e. The Morgan fingerprint density at radius 3 is 2.53 bits per heavy atom. The van der Waals surface area contributed by atoms with Crippen LogP contribution in [-0.4, -0.2) is 10.8 Å². The van der Waals surface area contributed by atoms with Crippen molar-refractivity contribution in [2.75, 3.05) is 0 Å². The van der Waals surface area contributed by atoms with Crippen LogP contribution in [-0.2, 0) is 11.2 Å². The second-order valence-electron chi connectivity index (χ2n) is 4.44. The molecule has 2 nitrogen and oxygen atoms in total. The van der Waals surface area contributed by atoms with Gasteiger partial charge in [-0.15, -0.1) is 0 Å². The summed E-state index contributed by atoms with van der Waals surface area (Å²) in [5, 5.41) is 0. The van der Waals surface area contributed by atoms with Crippen molar-refractivity contribution >= 4 is 5.78 Å². The van der Waals surface area contributed by atoms with E-state index in [2.05, 4.69) is 18.8 Å². The average Bonchev–Trinajstić information content (AvgIpc) is 2.13. The van der Waals surface area contributed by atoms with Crippen molar-refractivity contribution in [2.24, 2.45) is 11.8 Å². The molecule has 0 radical (unpaired) electrons. The average molecular weight is 205 g/mol. The lowest BCUT2D eigenvalue weighted by atomic mass is 9.88. The first-order chi connectivity index (χ1) is 7.00. The number of Topliss-reactive ketones (excluding diaryl/α,β-unsaturated/α-hetero) is 1. The number of hydrogen-bond acceptors (Lipinski definition) is 2. The van der Waals surface area contributed by atoms with E-state index in [-0.39, 0.29) is 11.7 Å². The molecule has 1 unspecified atom stereocenters. The van der Waals surface area contributed by atoms with Crippen LogP contribution >= 0.6 is 0 Å². The van der Waals surface area contributed by atoms with Crippen molar-refractivity contribution in [1.29, 1.82) is 0 Å². The lowest BCUT2D eigenvalue weighted by Crippen LogP contribution is -2.20. The summed E-state index contributed by atoms with van der Waals surface area (Å²) < 4.78 is 0. The Morgan fingerprint density at radius 1 is 1.40 bits per heavy atom. The molecule has 1 atom stereocenters. The molecule has 0 saturated heterocycles. The molecular weight excluding hydrogens is 186 g/mol. The largest absolute Gasteiger partial charge is 0.300 e. The van der Waals surface area contributed by atoms with Gasteiger partial charge in [0.25, 0.3) is 0 Å². The van der Waals surface area contributed by atoms with Crippen molar-refractivity contribution in [3.05, 3.63) is 29.6 Å². The van der Waals surface area contributed by atoms with Crippen molar-refractivity contribution < 1.29 is 4.79 Å². The summed E-state index contributed by atoms with van der Waals surface area (Å²) in [6, 6.07) is 5.96. The molecule has 0 N–H and O–H groups in total. The molecule has 2 heteroatoms. The van der Waals surface area contributed by atoms with Gasteiger partial charge in [-0.2, -0.15) is 0 Å². The Morgan fingerprint density at radius 2 is 2.07 bits per heavy atom. The Kier molecular flexibility index (Phi) is 4.01. The van der Waals surface area contributed by atoms with Crippen molar-refractivity contribution in [2.45, 2.75) is 34.1 Å². The van der Waals surface area contributed by atoms with Gasteiger partial charge in [0.1, 0.15) is 5.78 Å². The Bertz CT molecular complexity index is 344. The Labute approximate surface area is 91.7 Å². The monoisotopic (exact) mass is 205 g/mol. The van der Waals surface area contributed by atoms with Crippen LogP contribution in [0.15, 0.2) is 18.2 Å². The lowest BCUT2D eigenvalue weighted by molar-refractivity contribution is -0.121. The van der Waals surface area contributed by atoms with Crippen LogP contribution in [0.3, 0.4) is 0 Å². The van der Waals surface area contributed by atoms with E-state index in [1.165, 1.54) is 0 Å². The minimum absolute atomic E-state index is 0.0966. The number of hydrogen-bond donors (Lipinski definition) is 0.